The van der Waals surface area contributed by atoms with Gasteiger partial charge in [0, 0.05) is 44.9 Å². The molecule has 3 rings (SSSR count). The van der Waals surface area contributed by atoms with Crippen LogP contribution in [-0.2, 0) is 30.2 Å². The molecule has 1 fully saturated rings. The average molecular weight is 576 g/mol. The van der Waals surface area contributed by atoms with Gasteiger partial charge in [0.05, 0.1) is 45.5 Å². The van der Waals surface area contributed by atoms with Crippen LogP contribution in [0.15, 0.2) is 48.5 Å². The summed E-state index contributed by atoms with van der Waals surface area (Å²) in [5.74, 6) is 0.0387. The van der Waals surface area contributed by atoms with E-state index in [1.54, 1.807) is 7.11 Å². The number of likely N-dealkylation sites (tertiary alicyclic amines) is 1. The summed E-state index contributed by atoms with van der Waals surface area (Å²) in [6.07, 6.45) is 0.670. The smallest absolute Gasteiger partial charge is 0.407 e. The standard InChI is InChI=1S/C30H42ClN3O6/c1-23-19-24(9-10-27(23)31)20-29(35)33(2)28(25-7-5-4-6-8-25)22-34-12-11-26(21-34)32-30(36)40-18-17-39-16-15-38-14-13-37-3/h4-10,19,26,28H,11-18,20-22H2,1-3H3,(H,32,36). The van der Waals surface area contributed by atoms with Gasteiger partial charge in [-0.05, 0) is 36.1 Å². The highest BCUT2D eigenvalue weighted by Gasteiger charge is 2.29. The van der Waals surface area contributed by atoms with Crippen LogP contribution in [0.5, 0.6) is 0 Å². The molecular weight excluding hydrogens is 534 g/mol. The van der Waals surface area contributed by atoms with E-state index in [-0.39, 0.29) is 24.6 Å². The maximum Gasteiger partial charge on any atom is 0.407 e. The Kier molecular flexibility index (Phi) is 13.7. The van der Waals surface area contributed by atoms with E-state index in [0.717, 1.165) is 29.7 Å². The first-order chi connectivity index (χ1) is 19.4. The lowest BCUT2D eigenvalue weighted by Crippen LogP contribution is -2.41. The quantitative estimate of drug-likeness (QED) is 0.304. The molecule has 1 heterocycles. The number of methoxy groups -OCH3 is 1. The van der Waals surface area contributed by atoms with Crippen molar-refractivity contribution in [3.05, 3.63) is 70.2 Å². The second-order valence-corrected chi connectivity index (χ2v) is 10.3. The normalized spacial score (nSPS) is 16.1. The van der Waals surface area contributed by atoms with Crippen molar-refractivity contribution in [1.82, 2.24) is 15.1 Å². The van der Waals surface area contributed by atoms with Gasteiger partial charge in [-0.3, -0.25) is 9.69 Å². The molecule has 220 valence electrons. The SMILES string of the molecule is COCCOCCOCCOC(=O)NC1CCN(CC(c2ccccc2)N(C)C(=O)Cc2ccc(Cl)c(C)c2)C1. The van der Waals surface area contributed by atoms with Gasteiger partial charge in [-0.15, -0.1) is 0 Å². The molecular formula is C30H42ClN3O6. The number of aryl methyl sites for hydroxylation is 1. The number of carbonyl (C=O) groups is 2. The number of hydrogen-bond acceptors (Lipinski definition) is 7. The van der Waals surface area contributed by atoms with E-state index < -0.39 is 6.09 Å². The summed E-state index contributed by atoms with van der Waals surface area (Å²) < 4.78 is 20.9. The van der Waals surface area contributed by atoms with Gasteiger partial charge in [0.2, 0.25) is 5.91 Å². The molecule has 0 aromatic heterocycles. The fraction of sp³-hybridized carbons (Fsp3) is 0.533. The number of alkyl carbamates (subject to hydrolysis) is 1. The number of likely N-dealkylation sites (N-methyl/N-ethyl adjacent to an activating group) is 1. The van der Waals surface area contributed by atoms with Gasteiger partial charge in [0.1, 0.15) is 6.61 Å². The molecule has 2 unspecified atom stereocenters. The minimum Gasteiger partial charge on any atom is -0.447 e. The molecule has 1 N–H and O–H groups in total. The molecule has 0 aliphatic carbocycles. The summed E-state index contributed by atoms with van der Waals surface area (Å²) in [6.45, 7) is 6.58. The van der Waals surface area contributed by atoms with Gasteiger partial charge in [-0.25, -0.2) is 4.79 Å². The number of hydrogen-bond donors (Lipinski definition) is 1. The Balaban J connectivity index is 1.45. The van der Waals surface area contributed by atoms with Crippen LogP contribution in [-0.4, -0.2) is 101 Å². The van der Waals surface area contributed by atoms with E-state index in [1.165, 1.54) is 0 Å². The lowest BCUT2D eigenvalue weighted by atomic mass is 10.0. The molecule has 2 amide bonds. The first kappa shape index (κ1) is 31.8. The van der Waals surface area contributed by atoms with Crippen molar-refractivity contribution in [3.63, 3.8) is 0 Å². The molecule has 1 saturated heterocycles. The molecule has 10 heteroatoms. The van der Waals surface area contributed by atoms with Crippen molar-refractivity contribution in [2.75, 3.05) is 73.4 Å². The molecule has 2 atom stereocenters. The summed E-state index contributed by atoms with van der Waals surface area (Å²) in [4.78, 5) is 29.7. The molecule has 9 nitrogen and oxygen atoms in total. The highest BCUT2D eigenvalue weighted by molar-refractivity contribution is 6.31. The average Bonchev–Trinajstić information content (AvgIpc) is 3.39. The van der Waals surface area contributed by atoms with Crippen LogP contribution in [0.1, 0.15) is 29.2 Å². The molecule has 0 spiro atoms. The number of nitrogens with zero attached hydrogens (tertiary/aromatic N) is 2. The van der Waals surface area contributed by atoms with E-state index >= 15 is 0 Å². The topological polar surface area (TPSA) is 89.6 Å². The van der Waals surface area contributed by atoms with E-state index in [1.807, 2.05) is 55.3 Å². The Morgan fingerprint density at radius 1 is 1.05 bits per heavy atom. The van der Waals surface area contributed by atoms with Crippen molar-refractivity contribution in [2.45, 2.75) is 31.8 Å². The third-order valence-electron chi connectivity index (χ3n) is 6.91. The second-order valence-electron chi connectivity index (χ2n) is 9.93. The number of amides is 2. The Morgan fingerprint density at radius 3 is 2.45 bits per heavy atom. The van der Waals surface area contributed by atoms with Crippen molar-refractivity contribution >= 4 is 23.6 Å². The molecule has 2 aromatic rings. The highest BCUT2D eigenvalue weighted by Crippen LogP contribution is 2.24. The van der Waals surface area contributed by atoms with E-state index in [0.29, 0.717) is 57.6 Å². The predicted molar refractivity (Wildman–Crippen MR) is 155 cm³/mol. The molecule has 1 aliphatic heterocycles. The number of halogens is 1. The molecule has 0 saturated carbocycles. The molecule has 40 heavy (non-hydrogen) atoms. The second kappa shape index (κ2) is 17.2. The fourth-order valence-electron chi connectivity index (χ4n) is 4.64. The molecule has 0 bridgehead atoms. The number of benzene rings is 2. The predicted octanol–water partition coefficient (Wildman–Crippen LogP) is 3.87. The van der Waals surface area contributed by atoms with Crippen molar-refractivity contribution in [1.29, 1.82) is 0 Å². The Morgan fingerprint density at radius 2 is 1.75 bits per heavy atom. The first-order valence-electron chi connectivity index (χ1n) is 13.7. The Labute approximate surface area is 242 Å². The monoisotopic (exact) mass is 575 g/mol. The zero-order chi connectivity index (χ0) is 28.7. The van der Waals surface area contributed by atoms with Crippen LogP contribution < -0.4 is 5.32 Å². The maximum atomic E-state index is 13.3. The van der Waals surface area contributed by atoms with Crippen LogP contribution in [0.3, 0.4) is 0 Å². The minimum atomic E-state index is -0.447. The third-order valence-corrected chi connectivity index (χ3v) is 7.34. The molecule has 2 aromatic carbocycles. The van der Waals surface area contributed by atoms with Crippen molar-refractivity contribution in [2.24, 2.45) is 0 Å². The lowest BCUT2D eigenvalue weighted by Gasteiger charge is -2.32. The van der Waals surface area contributed by atoms with Crippen LogP contribution in [0, 0.1) is 6.92 Å². The maximum absolute atomic E-state index is 13.3. The number of ether oxygens (including phenoxy) is 4. The van der Waals surface area contributed by atoms with Crippen LogP contribution in [0.25, 0.3) is 0 Å². The summed E-state index contributed by atoms with van der Waals surface area (Å²) in [6, 6.07) is 15.6. The van der Waals surface area contributed by atoms with Gasteiger partial charge in [0.15, 0.2) is 0 Å². The summed E-state index contributed by atoms with van der Waals surface area (Å²) >= 11 is 6.16. The van der Waals surface area contributed by atoms with Crippen LogP contribution in [0.2, 0.25) is 5.02 Å². The largest absolute Gasteiger partial charge is 0.447 e. The van der Waals surface area contributed by atoms with Crippen molar-refractivity contribution < 1.29 is 28.5 Å². The molecule has 0 radical (unpaired) electrons. The van der Waals surface area contributed by atoms with E-state index in [2.05, 4.69) is 22.3 Å². The zero-order valence-corrected chi connectivity index (χ0v) is 24.5. The van der Waals surface area contributed by atoms with Crippen LogP contribution >= 0.6 is 11.6 Å². The van der Waals surface area contributed by atoms with Crippen LogP contribution in [0.4, 0.5) is 4.79 Å². The third kappa shape index (κ3) is 10.7. The van der Waals surface area contributed by atoms with Crippen molar-refractivity contribution in [3.8, 4) is 0 Å². The highest BCUT2D eigenvalue weighted by atomic mass is 35.5. The Hall–Kier alpha value is -2.69. The number of carbonyl (C=O) groups excluding carboxylic acids is 2. The molecule has 1 aliphatic rings. The van der Waals surface area contributed by atoms with E-state index in [4.69, 9.17) is 30.5 Å². The summed E-state index contributed by atoms with van der Waals surface area (Å²) in [5, 5.41) is 3.65. The van der Waals surface area contributed by atoms with Gasteiger partial charge < -0.3 is 29.2 Å². The zero-order valence-electron chi connectivity index (χ0n) is 23.8. The van der Waals surface area contributed by atoms with E-state index in [9.17, 15) is 9.59 Å². The van der Waals surface area contributed by atoms with Gasteiger partial charge >= 0.3 is 6.09 Å². The van der Waals surface area contributed by atoms with Gasteiger partial charge in [-0.1, -0.05) is 54.1 Å². The minimum absolute atomic E-state index is 0.0166. The number of nitrogens with one attached hydrogen (secondary N) is 1. The number of rotatable bonds is 16. The Bertz CT molecular complexity index is 1060. The lowest BCUT2D eigenvalue weighted by molar-refractivity contribution is -0.131. The van der Waals surface area contributed by atoms with Gasteiger partial charge in [0.25, 0.3) is 0 Å². The summed E-state index contributed by atoms with van der Waals surface area (Å²) in [7, 11) is 3.49. The van der Waals surface area contributed by atoms with Gasteiger partial charge in [-0.2, -0.15) is 0 Å². The first-order valence-corrected chi connectivity index (χ1v) is 14.1. The fourth-order valence-corrected chi connectivity index (χ4v) is 4.76. The summed E-state index contributed by atoms with van der Waals surface area (Å²) in [5.41, 5.74) is 2.97.